The Hall–Kier alpha value is -1.71. The molecule has 0 aromatic carbocycles. The molecule has 82 valence electrons. The molecule has 0 unspecified atom stereocenters. The van der Waals surface area contributed by atoms with Gasteiger partial charge in [-0.2, -0.15) is 0 Å². The van der Waals surface area contributed by atoms with Gasteiger partial charge in [0.25, 0.3) is 5.91 Å². The molecule has 0 N–H and O–H groups in total. The number of rotatable bonds is 1. The van der Waals surface area contributed by atoms with Gasteiger partial charge in [-0.15, -0.1) is 0 Å². The number of carbonyl (C=O) groups is 1. The molecule has 1 aromatic rings. The van der Waals surface area contributed by atoms with E-state index in [0.29, 0.717) is 11.7 Å². The van der Waals surface area contributed by atoms with E-state index in [4.69, 9.17) is 0 Å². The van der Waals surface area contributed by atoms with E-state index in [2.05, 4.69) is 22.1 Å². The van der Waals surface area contributed by atoms with Crippen molar-refractivity contribution < 1.29 is 4.79 Å². The van der Waals surface area contributed by atoms with E-state index in [9.17, 15) is 4.79 Å². The first-order valence-electron chi connectivity index (χ1n) is 5.61. The van der Waals surface area contributed by atoms with Gasteiger partial charge in [0.05, 0.1) is 12.2 Å². The maximum atomic E-state index is 12.3. The Balaban J connectivity index is 1.89. The highest BCUT2D eigenvalue weighted by Gasteiger charge is 2.37. The van der Waals surface area contributed by atoms with Gasteiger partial charge in [-0.3, -0.25) is 9.78 Å². The number of amides is 1. The van der Waals surface area contributed by atoms with Crippen molar-refractivity contribution in [3.63, 3.8) is 0 Å². The van der Waals surface area contributed by atoms with Crippen LogP contribution in [0.5, 0.6) is 0 Å². The standard InChI is InChI=1S/C12H13N3O/c16-12(11-8-13-6-7-14-11)15-9-2-1-3-10(15)5-4-9/h1-2,6-10H,3-5H2/t9-,10-/m0/s1. The topological polar surface area (TPSA) is 46.1 Å². The number of nitrogens with zero attached hydrogens (tertiary/aromatic N) is 3. The molecule has 1 saturated heterocycles. The molecule has 2 aliphatic heterocycles. The quantitative estimate of drug-likeness (QED) is 0.665. The van der Waals surface area contributed by atoms with Crippen LogP contribution in [0.25, 0.3) is 0 Å². The molecular formula is C12H13N3O. The number of fused-ring (bicyclic) bond motifs is 2. The smallest absolute Gasteiger partial charge is 0.274 e. The van der Waals surface area contributed by atoms with Crippen molar-refractivity contribution in [3.8, 4) is 0 Å². The summed E-state index contributed by atoms with van der Waals surface area (Å²) in [6.45, 7) is 0. The van der Waals surface area contributed by atoms with Crippen LogP contribution in [-0.2, 0) is 0 Å². The van der Waals surface area contributed by atoms with Crippen molar-refractivity contribution in [3.05, 3.63) is 36.4 Å². The molecule has 0 aliphatic carbocycles. The van der Waals surface area contributed by atoms with E-state index in [1.807, 2.05) is 4.90 Å². The zero-order valence-corrected chi connectivity index (χ0v) is 8.91. The molecular weight excluding hydrogens is 202 g/mol. The van der Waals surface area contributed by atoms with E-state index in [1.165, 1.54) is 0 Å². The molecule has 1 aromatic heterocycles. The van der Waals surface area contributed by atoms with Crippen LogP contribution in [0.15, 0.2) is 30.7 Å². The Morgan fingerprint density at radius 3 is 3.06 bits per heavy atom. The zero-order chi connectivity index (χ0) is 11.0. The Labute approximate surface area is 94.0 Å². The van der Waals surface area contributed by atoms with Crippen molar-refractivity contribution in [2.75, 3.05) is 0 Å². The summed E-state index contributed by atoms with van der Waals surface area (Å²) in [5.41, 5.74) is 0.453. The SMILES string of the molecule is O=C(c1cnccn1)N1[C@H]2CC=C[C@H]1CC2. The van der Waals surface area contributed by atoms with Crippen molar-refractivity contribution in [1.29, 1.82) is 0 Å². The fourth-order valence-electron chi connectivity index (χ4n) is 2.58. The molecule has 0 saturated carbocycles. The lowest BCUT2D eigenvalue weighted by molar-refractivity contribution is 0.0682. The first-order chi connectivity index (χ1) is 7.86. The van der Waals surface area contributed by atoms with Crippen LogP contribution in [0.3, 0.4) is 0 Å². The molecule has 2 bridgehead atoms. The highest BCUT2D eigenvalue weighted by atomic mass is 16.2. The van der Waals surface area contributed by atoms with Crippen molar-refractivity contribution >= 4 is 5.91 Å². The molecule has 3 rings (SSSR count). The second-order valence-corrected chi connectivity index (χ2v) is 4.27. The predicted octanol–water partition coefficient (Wildman–Crippen LogP) is 1.41. The third-order valence-electron chi connectivity index (χ3n) is 3.33. The molecule has 3 heterocycles. The highest BCUT2D eigenvalue weighted by molar-refractivity contribution is 5.92. The van der Waals surface area contributed by atoms with Gasteiger partial charge >= 0.3 is 0 Å². The first-order valence-corrected chi connectivity index (χ1v) is 5.61. The summed E-state index contributed by atoms with van der Waals surface area (Å²) in [7, 11) is 0. The van der Waals surface area contributed by atoms with Crippen LogP contribution in [0.1, 0.15) is 29.8 Å². The van der Waals surface area contributed by atoms with Gasteiger partial charge < -0.3 is 4.90 Å². The van der Waals surface area contributed by atoms with E-state index in [0.717, 1.165) is 19.3 Å². The van der Waals surface area contributed by atoms with E-state index in [1.54, 1.807) is 18.6 Å². The number of hydrogen-bond acceptors (Lipinski definition) is 3. The fourth-order valence-corrected chi connectivity index (χ4v) is 2.58. The summed E-state index contributed by atoms with van der Waals surface area (Å²) >= 11 is 0. The lowest BCUT2D eigenvalue weighted by Crippen LogP contribution is -2.42. The molecule has 2 atom stereocenters. The Bertz CT molecular complexity index is 429. The Kier molecular flexibility index (Phi) is 2.20. The van der Waals surface area contributed by atoms with Gasteiger partial charge in [-0.05, 0) is 19.3 Å². The van der Waals surface area contributed by atoms with E-state index in [-0.39, 0.29) is 11.9 Å². The second kappa shape index (κ2) is 3.70. The van der Waals surface area contributed by atoms with Crippen LogP contribution < -0.4 is 0 Å². The predicted molar refractivity (Wildman–Crippen MR) is 58.8 cm³/mol. The molecule has 0 spiro atoms. The van der Waals surface area contributed by atoms with Crippen molar-refractivity contribution in [2.45, 2.75) is 31.3 Å². The van der Waals surface area contributed by atoms with Gasteiger partial charge in [0, 0.05) is 18.4 Å². The summed E-state index contributed by atoms with van der Waals surface area (Å²) in [6.07, 6.45) is 12.2. The maximum Gasteiger partial charge on any atom is 0.274 e. The molecule has 1 amide bonds. The lowest BCUT2D eigenvalue weighted by atomic mass is 10.1. The maximum absolute atomic E-state index is 12.3. The van der Waals surface area contributed by atoms with Crippen LogP contribution in [0.4, 0.5) is 0 Å². The van der Waals surface area contributed by atoms with Gasteiger partial charge in [-0.25, -0.2) is 4.98 Å². The van der Waals surface area contributed by atoms with Gasteiger partial charge in [0.1, 0.15) is 5.69 Å². The second-order valence-electron chi connectivity index (χ2n) is 4.27. The minimum Gasteiger partial charge on any atom is -0.328 e. The Morgan fingerprint density at radius 2 is 2.31 bits per heavy atom. The lowest BCUT2D eigenvalue weighted by Gasteiger charge is -2.30. The third-order valence-corrected chi connectivity index (χ3v) is 3.33. The number of carbonyl (C=O) groups excluding carboxylic acids is 1. The van der Waals surface area contributed by atoms with Crippen LogP contribution >= 0.6 is 0 Å². The van der Waals surface area contributed by atoms with Crippen LogP contribution in [-0.4, -0.2) is 32.9 Å². The van der Waals surface area contributed by atoms with Crippen molar-refractivity contribution in [1.82, 2.24) is 14.9 Å². The minimum atomic E-state index is 0.0185. The molecule has 2 aliphatic rings. The van der Waals surface area contributed by atoms with Gasteiger partial charge in [-0.1, -0.05) is 12.2 Å². The largest absolute Gasteiger partial charge is 0.328 e. The monoisotopic (exact) mass is 215 g/mol. The molecule has 4 nitrogen and oxygen atoms in total. The fraction of sp³-hybridized carbons (Fsp3) is 0.417. The minimum absolute atomic E-state index is 0.0185. The van der Waals surface area contributed by atoms with E-state index < -0.39 is 0 Å². The van der Waals surface area contributed by atoms with E-state index >= 15 is 0 Å². The number of hydrogen-bond donors (Lipinski definition) is 0. The summed E-state index contributed by atoms with van der Waals surface area (Å²) < 4.78 is 0. The Morgan fingerprint density at radius 1 is 1.38 bits per heavy atom. The summed E-state index contributed by atoms with van der Waals surface area (Å²) in [6, 6.07) is 0.637. The average molecular weight is 215 g/mol. The van der Waals surface area contributed by atoms with Crippen LogP contribution in [0.2, 0.25) is 0 Å². The van der Waals surface area contributed by atoms with Crippen LogP contribution in [0, 0.1) is 0 Å². The normalized spacial score (nSPS) is 27.1. The molecule has 4 heteroatoms. The van der Waals surface area contributed by atoms with Gasteiger partial charge in [0.2, 0.25) is 0 Å². The average Bonchev–Trinajstić information content (AvgIpc) is 2.59. The molecule has 0 radical (unpaired) electrons. The first kappa shape index (κ1) is 9.51. The number of aromatic nitrogens is 2. The summed E-state index contributed by atoms with van der Waals surface area (Å²) in [5.74, 6) is 0.0185. The van der Waals surface area contributed by atoms with Gasteiger partial charge in [0.15, 0.2) is 0 Å². The summed E-state index contributed by atoms with van der Waals surface area (Å²) in [5, 5.41) is 0. The van der Waals surface area contributed by atoms with Crippen molar-refractivity contribution in [2.24, 2.45) is 0 Å². The highest BCUT2D eigenvalue weighted by Crippen LogP contribution is 2.32. The summed E-state index contributed by atoms with van der Waals surface area (Å²) in [4.78, 5) is 22.2. The molecule has 16 heavy (non-hydrogen) atoms. The zero-order valence-electron chi connectivity index (χ0n) is 8.91. The molecule has 1 fully saturated rings. The third kappa shape index (κ3) is 1.41.